The van der Waals surface area contributed by atoms with Gasteiger partial charge < -0.3 is 11.1 Å². The molecule has 5 nitrogen and oxygen atoms in total. The molecule has 3 heterocycles. The van der Waals surface area contributed by atoms with Crippen molar-refractivity contribution in [2.24, 2.45) is 0 Å². The Morgan fingerprint density at radius 3 is 2.80 bits per heavy atom. The van der Waals surface area contributed by atoms with Crippen LogP contribution in [0.25, 0.3) is 10.2 Å². The third-order valence-corrected chi connectivity index (χ3v) is 4.00. The number of hydrogen-bond acceptors (Lipinski definition) is 5. The largest absolute Gasteiger partial charge is 0.396 e. The standard InChI is InChI=1S/C14H12N4OS/c15-11-12-10(5-3-7-17-12)20-13(11)14(19)18-8-9-4-1-2-6-16-9/h1-7H,8,15H2,(H,18,19). The number of carbonyl (C=O) groups is 1. The number of nitrogens with one attached hydrogen (secondary N) is 1. The van der Waals surface area contributed by atoms with E-state index in [2.05, 4.69) is 15.3 Å². The molecular weight excluding hydrogens is 272 g/mol. The monoisotopic (exact) mass is 284 g/mol. The molecule has 0 fully saturated rings. The summed E-state index contributed by atoms with van der Waals surface area (Å²) in [6.45, 7) is 0.376. The maximum absolute atomic E-state index is 12.2. The van der Waals surface area contributed by atoms with Crippen LogP contribution in [-0.2, 0) is 6.54 Å². The van der Waals surface area contributed by atoms with Gasteiger partial charge >= 0.3 is 0 Å². The van der Waals surface area contributed by atoms with Gasteiger partial charge in [0.2, 0.25) is 0 Å². The number of pyridine rings is 2. The quantitative estimate of drug-likeness (QED) is 0.772. The van der Waals surface area contributed by atoms with Crippen LogP contribution in [0.15, 0.2) is 42.7 Å². The van der Waals surface area contributed by atoms with E-state index in [1.54, 1.807) is 12.4 Å². The van der Waals surface area contributed by atoms with Crippen LogP contribution in [-0.4, -0.2) is 15.9 Å². The van der Waals surface area contributed by atoms with E-state index in [0.717, 1.165) is 10.4 Å². The number of nitrogen functional groups attached to an aromatic ring is 1. The third-order valence-electron chi connectivity index (χ3n) is 2.84. The van der Waals surface area contributed by atoms with Crippen molar-refractivity contribution in [3.63, 3.8) is 0 Å². The highest BCUT2D eigenvalue weighted by molar-refractivity contribution is 7.21. The fourth-order valence-corrected chi connectivity index (χ4v) is 2.87. The van der Waals surface area contributed by atoms with E-state index in [9.17, 15) is 4.79 Å². The zero-order chi connectivity index (χ0) is 13.9. The van der Waals surface area contributed by atoms with Crippen molar-refractivity contribution in [3.05, 3.63) is 53.3 Å². The molecule has 0 bridgehead atoms. The summed E-state index contributed by atoms with van der Waals surface area (Å²) in [6.07, 6.45) is 3.36. The molecule has 0 saturated carbocycles. The van der Waals surface area contributed by atoms with Crippen LogP contribution >= 0.6 is 11.3 Å². The number of aromatic nitrogens is 2. The predicted molar refractivity (Wildman–Crippen MR) is 79.4 cm³/mol. The lowest BCUT2D eigenvalue weighted by atomic mass is 10.3. The van der Waals surface area contributed by atoms with Gasteiger partial charge in [-0.3, -0.25) is 14.8 Å². The van der Waals surface area contributed by atoms with Crippen molar-refractivity contribution in [1.82, 2.24) is 15.3 Å². The summed E-state index contributed by atoms with van der Waals surface area (Å²) in [6, 6.07) is 9.30. The molecule has 0 aliphatic carbocycles. The molecule has 3 N–H and O–H groups in total. The summed E-state index contributed by atoms with van der Waals surface area (Å²) < 4.78 is 0.910. The first-order chi connectivity index (χ1) is 9.75. The van der Waals surface area contributed by atoms with Crippen molar-refractivity contribution in [2.75, 3.05) is 5.73 Å². The third kappa shape index (κ3) is 2.33. The second-order valence-corrected chi connectivity index (χ2v) is 5.25. The number of rotatable bonds is 3. The normalized spacial score (nSPS) is 10.6. The van der Waals surface area contributed by atoms with Gasteiger partial charge in [-0.2, -0.15) is 0 Å². The minimum atomic E-state index is -0.198. The lowest BCUT2D eigenvalue weighted by Gasteiger charge is -2.03. The van der Waals surface area contributed by atoms with Crippen LogP contribution in [0.2, 0.25) is 0 Å². The van der Waals surface area contributed by atoms with E-state index in [4.69, 9.17) is 5.73 Å². The Bertz CT molecular complexity index is 754. The highest BCUT2D eigenvalue weighted by Gasteiger charge is 2.16. The van der Waals surface area contributed by atoms with Crippen LogP contribution in [0.3, 0.4) is 0 Å². The minimum Gasteiger partial charge on any atom is -0.396 e. The summed E-state index contributed by atoms with van der Waals surface area (Å²) >= 11 is 1.35. The maximum atomic E-state index is 12.2. The smallest absolute Gasteiger partial charge is 0.263 e. The van der Waals surface area contributed by atoms with Gasteiger partial charge in [0.25, 0.3) is 5.91 Å². The highest BCUT2D eigenvalue weighted by atomic mass is 32.1. The lowest BCUT2D eigenvalue weighted by molar-refractivity contribution is 0.0955. The molecule has 0 spiro atoms. The van der Waals surface area contributed by atoms with Crippen LogP contribution in [0.1, 0.15) is 15.4 Å². The summed E-state index contributed by atoms with van der Waals surface area (Å²) in [4.78, 5) is 21.0. The van der Waals surface area contributed by atoms with E-state index >= 15 is 0 Å². The van der Waals surface area contributed by atoms with Gasteiger partial charge in [0.05, 0.1) is 22.6 Å². The van der Waals surface area contributed by atoms with Crippen LogP contribution in [0.4, 0.5) is 5.69 Å². The van der Waals surface area contributed by atoms with E-state index < -0.39 is 0 Å². The Morgan fingerprint density at radius 1 is 1.20 bits per heavy atom. The molecule has 0 unspecified atom stereocenters. The van der Waals surface area contributed by atoms with Crippen LogP contribution in [0.5, 0.6) is 0 Å². The number of fused-ring (bicyclic) bond motifs is 1. The van der Waals surface area contributed by atoms with E-state index in [1.165, 1.54) is 11.3 Å². The average Bonchev–Trinajstić information content (AvgIpc) is 2.84. The number of nitrogens with zero attached hydrogens (tertiary/aromatic N) is 2. The highest BCUT2D eigenvalue weighted by Crippen LogP contribution is 2.31. The fourth-order valence-electron chi connectivity index (χ4n) is 1.87. The van der Waals surface area contributed by atoms with Crippen molar-refractivity contribution in [2.45, 2.75) is 6.54 Å². The Kier molecular flexibility index (Phi) is 3.30. The van der Waals surface area contributed by atoms with Gasteiger partial charge in [0.1, 0.15) is 10.4 Å². The van der Waals surface area contributed by atoms with Crippen LogP contribution in [0, 0.1) is 0 Å². The molecule has 0 atom stereocenters. The fraction of sp³-hybridized carbons (Fsp3) is 0.0714. The molecule has 0 radical (unpaired) electrons. The summed E-state index contributed by atoms with van der Waals surface area (Å²) in [7, 11) is 0. The molecule has 20 heavy (non-hydrogen) atoms. The number of thiophene rings is 1. The molecule has 3 aromatic heterocycles. The van der Waals surface area contributed by atoms with Crippen LogP contribution < -0.4 is 11.1 Å². The molecule has 3 rings (SSSR count). The molecule has 1 amide bonds. The Labute approximate surface area is 119 Å². The average molecular weight is 284 g/mol. The molecule has 0 aromatic carbocycles. The Hall–Kier alpha value is -2.47. The van der Waals surface area contributed by atoms with Gasteiger partial charge in [0, 0.05) is 12.4 Å². The van der Waals surface area contributed by atoms with Crippen molar-refractivity contribution in [1.29, 1.82) is 0 Å². The Morgan fingerprint density at radius 2 is 2.05 bits per heavy atom. The number of amides is 1. The number of carbonyl (C=O) groups excluding carboxylic acids is 1. The number of anilines is 1. The Balaban J connectivity index is 1.81. The molecule has 100 valence electrons. The van der Waals surface area contributed by atoms with Crippen molar-refractivity contribution in [3.8, 4) is 0 Å². The van der Waals surface area contributed by atoms with E-state index in [1.807, 2.05) is 30.3 Å². The maximum Gasteiger partial charge on any atom is 0.263 e. The van der Waals surface area contributed by atoms with Crippen molar-refractivity contribution < 1.29 is 4.79 Å². The first kappa shape index (κ1) is 12.6. The predicted octanol–water partition coefficient (Wildman–Crippen LogP) is 2.20. The molecular formula is C14H12N4OS. The summed E-state index contributed by atoms with van der Waals surface area (Å²) in [5.41, 5.74) is 7.90. The minimum absolute atomic E-state index is 0.198. The molecule has 0 aliphatic heterocycles. The lowest BCUT2D eigenvalue weighted by Crippen LogP contribution is -2.23. The van der Waals surface area contributed by atoms with Gasteiger partial charge in [0.15, 0.2) is 0 Å². The topological polar surface area (TPSA) is 80.9 Å². The summed E-state index contributed by atoms with van der Waals surface area (Å²) in [5.74, 6) is -0.198. The zero-order valence-corrected chi connectivity index (χ0v) is 11.4. The van der Waals surface area contributed by atoms with Gasteiger partial charge in [-0.25, -0.2) is 0 Å². The SMILES string of the molecule is Nc1c(C(=O)NCc2ccccn2)sc2cccnc12. The summed E-state index contributed by atoms with van der Waals surface area (Å²) in [5, 5.41) is 2.82. The second kappa shape index (κ2) is 5.26. The first-order valence-electron chi connectivity index (χ1n) is 6.07. The van der Waals surface area contributed by atoms with Gasteiger partial charge in [-0.1, -0.05) is 6.07 Å². The molecule has 6 heteroatoms. The first-order valence-corrected chi connectivity index (χ1v) is 6.88. The second-order valence-electron chi connectivity index (χ2n) is 4.20. The molecule has 3 aromatic rings. The van der Waals surface area contributed by atoms with Gasteiger partial charge in [-0.15, -0.1) is 11.3 Å². The number of nitrogens with two attached hydrogens (primary N) is 1. The molecule has 0 aliphatic rings. The molecule has 0 saturated heterocycles. The zero-order valence-electron chi connectivity index (χ0n) is 10.5. The van der Waals surface area contributed by atoms with Gasteiger partial charge in [-0.05, 0) is 24.3 Å². The van der Waals surface area contributed by atoms with E-state index in [0.29, 0.717) is 22.6 Å². The van der Waals surface area contributed by atoms with Crippen molar-refractivity contribution >= 4 is 33.1 Å². The number of hydrogen-bond donors (Lipinski definition) is 2. The van der Waals surface area contributed by atoms with E-state index in [-0.39, 0.29) is 5.91 Å².